The van der Waals surface area contributed by atoms with E-state index in [1.807, 2.05) is 36.4 Å². The number of carboxylic acid groups (broad SMARTS) is 1. The van der Waals surface area contributed by atoms with Crippen molar-refractivity contribution >= 4 is 23.3 Å². The molecule has 0 heterocycles. The highest BCUT2D eigenvalue weighted by Crippen LogP contribution is 2.22. The molecular weight excluding hydrogens is 362 g/mol. The lowest BCUT2D eigenvalue weighted by Gasteiger charge is -2.11. The van der Waals surface area contributed by atoms with Gasteiger partial charge in [0.1, 0.15) is 12.4 Å². The van der Waals surface area contributed by atoms with Crippen LogP contribution in [0.5, 0.6) is 5.75 Å². The molecule has 0 aromatic heterocycles. The van der Waals surface area contributed by atoms with Gasteiger partial charge in [-0.05, 0) is 48.4 Å². The lowest BCUT2D eigenvalue weighted by atomic mass is 10.1. The number of hydrogen-bond donors (Lipinski definition) is 2. The number of carbonyl (C=O) groups is 1. The van der Waals surface area contributed by atoms with Crippen LogP contribution in [0.3, 0.4) is 0 Å². The van der Waals surface area contributed by atoms with Crippen molar-refractivity contribution in [2.75, 3.05) is 5.32 Å². The van der Waals surface area contributed by atoms with Gasteiger partial charge in [-0.3, -0.25) is 0 Å². The maximum atomic E-state index is 11.2. The van der Waals surface area contributed by atoms with E-state index in [1.54, 1.807) is 12.1 Å². The Morgan fingerprint density at radius 1 is 1.04 bits per heavy atom. The van der Waals surface area contributed by atoms with Gasteiger partial charge in [0.05, 0.1) is 10.6 Å². The second kappa shape index (κ2) is 8.60. The molecule has 0 saturated heterocycles. The van der Waals surface area contributed by atoms with Crippen LogP contribution < -0.4 is 10.1 Å². The Kier molecular flexibility index (Phi) is 5.99. The van der Waals surface area contributed by atoms with Gasteiger partial charge >= 0.3 is 5.97 Å². The first-order chi connectivity index (χ1) is 13.0. The smallest absolute Gasteiger partial charge is 0.337 e. The summed E-state index contributed by atoms with van der Waals surface area (Å²) < 4.78 is 5.88. The minimum atomic E-state index is -1.05. The molecule has 5 heteroatoms. The van der Waals surface area contributed by atoms with E-state index >= 15 is 0 Å². The Morgan fingerprint density at radius 2 is 1.81 bits per heavy atom. The molecule has 0 aliphatic heterocycles. The van der Waals surface area contributed by atoms with Gasteiger partial charge in [0.25, 0.3) is 0 Å². The summed E-state index contributed by atoms with van der Waals surface area (Å²) in [4.78, 5) is 11.2. The van der Waals surface area contributed by atoms with E-state index in [9.17, 15) is 4.79 Å². The van der Waals surface area contributed by atoms with Gasteiger partial charge in [-0.2, -0.15) is 0 Å². The van der Waals surface area contributed by atoms with E-state index in [-0.39, 0.29) is 10.6 Å². The lowest BCUT2D eigenvalue weighted by Crippen LogP contribution is -2.03. The molecule has 0 spiro atoms. The van der Waals surface area contributed by atoms with E-state index in [0.717, 1.165) is 16.9 Å². The topological polar surface area (TPSA) is 58.6 Å². The molecule has 0 aliphatic carbocycles. The Labute approximate surface area is 163 Å². The molecule has 3 aromatic rings. The summed E-state index contributed by atoms with van der Waals surface area (Å²) in [6, 6.07) is 20.9. The molecule has 0 amide bonds. The number of aromatic carboxylic acids is 1. The summed E-state index contributed by atoms with van der Waals surface area (Å²) in [5, 5.41) is 12.6. The summed E-state index contributed by atoms with van der Waals surface area (Å²) in [5.74, 6) is -0.256. The molecule has 138 valence electrons. The number of ether oxygens (including phenoxy) is 1. The second-order valence-corrected chi connectivity index (χ2v) is 6.69. The number of benzene rings is 3. The van der Waals surface area contributed by atoms with Gasteiger partial charge in [0.15, 0.2) is 0 Å². The second-order valence-electron chi connectivity index (χ2n) is 6.28. The quantitative estimate of drug-likeness (QED) is 0.564. The number of halogens is 1. The molecule has 27 heavy (non-hydrogen) atoms. The first kappa shape index (κ1) is 18.8. The predicted octanol–water partition coefficient (Wildman–Crippen LogP) is 5.54. The van der Waals surface area contributed by atoms with Crippen molar-refractivity contribution in [2.45, 2.75) is 20.1 Å². The fraction of sp³-hybridized carbons (Fsp3) is 0.136. The maximum absolute atomic E-state index is 11.2. The summed E-state index contributed by atoms with van der Waals surface area (Å²) in [5.41, 5.74) is 4.14. The average Bonchev–Trinajstić information content (AvgIpc) is 2.66. The molecule has 3 rings (SSSR count). The van der Waals surface area contributed by atoms with Crippen LogP contribution in [0.15, 0.2) is 66.7 Å². The maximum Gasteiger partial charge on any atom is 0.337 e. The molecule has 0 aliphatic rings. The van der Waals surface area contributed by atoms with Gasteiger partial charge in [-0.25, -0.2) is 4.79 Å². The highest BCUT2D eigenvalue weighted by atomic mass is 35.5. The number of rotatable bonds is 7. The van der Waals surface area contributed by atoms with Gasteiger partial charge in [-0.1, -0.05) is 53.6 Å². The van der Waals surface area contributed by atoms with Gasteiger partial charge in [0.2, 0.25) is 0 Å². The molecule has 2 N–H and O–H groups in total. The van der Waals surface area contributed by atoms with Crippen LogP contribution >= 0.6 is 11.6 Å². The third kappa shape index (κ3) is 5.25. The Morgan fingerprint density at radius 3 is 2.59 bits per heavy atom. The van der Waals surface area contributed by atoms with E-state index in [4.69, 9.17) is 21.4 Å². The fourth-order valence-electron chi connectivity index (χ4n) is 2.72. The van der Waals surface area contributed by atoms with Gasteiger partial charge in [0, 0.05) is 12.2 Å². The van der Waals surface area contributed by atoms with Crippen LogP contribution in [0.4, 0.5) is 5.69 Å². The van der Waals surface area contributed by atoms with Crippen LogP contribution in [-0.4, -0.2) is 11.1 Å². The Balaban J connectivity index is 1.62. The van der Waals surface area contributed by atoms with Crippen molar-refractivity contribution in [2.24, 2.45) is 0 Å². The SMILES string of the molecule is Cc1cccc(COc2cccc(CNc3ccc(Cl)c(C(=O)O)c3)c2)c1. The van der Waals surface area contributed by atoms with Crippen LogP contribution in [0, 0.1) is 6.92 Å². The first-order valence-electron chi connectivity index (χ1n) is 8.55. The molecule has 4 nitrogen and oxygen atoms in total. The van der Waals surface area contributed by atoms with Crippen molar-refractivity contribution in [1.29, 1.82) is 0 Å². The minimum absolute atomic E-state index is 0.0805. The first-order valence-corrected chi connectivity index (χ1v) is 8.93. The molecule has 0 atom stereocenters. The molecule has 0 unspecified atom stereocenters. The largest absolute Gasteiger partial charge is 0.489 e. The van der Waals surface area contributed by atoms with Crippen molar-refractivity contribution in [3.63, 3.8) is 0 Å². The standard InChI is InChI=1S/C22H20ClNO3/c1-15-4-2-6-17(10-15)14-27-19-7-3-5-16(11-19)13-24-18-8-9-21(23)20(12-18)22(25)26/h2-12,24H,13-14H2,1H3,(H,25,26). The monoisotopic (exact) mass is 381 g/mol. The molecular formula is C22H20ClNO3. The molecule has 0 bridgehead atoms. The number of carboxylic acids is 1. The van der Waals surface area contributed by atoms with Crippen molar-refractivity contribution in [1.82, 2.24) is 0 Å². The third-order valence-corrected chi connectivity index (χ3v) is 4.41. The minimum Gasteiger partial charge on any atom is -0.489 e. The van der Waals surface area contributed by atoms with E-state index in [1.165, 1.54) is 11.6 Å². The number of anilines is 1. The number of aryl methyl sites for hydroxylation is 1. The molecule has 0 saturated carbocycles. The van der Waals surface area contributed by atoms with Crippen LogP contribution in [0.1, 0.15) is 27.0 Å². The van der Waals surface area contributed by atoms with Crippen LogP contribution in [-0.2, 0) is 13.2 Å². The summed E-state index contributed by atoms with van der Waals surface area (Å²) in [7, 11) is 0. The highest BCUT2D eigenvalue weighted by molar-refractivity contribution is 6.33. The third-order valence-electron chi connectivity index (χ3n) is 4.08. The normalized spacial score (nSPS) is 10.4. The fourth-order valence-corrected chi connectivity index (χ4v) is 2.92. The van der Waals surface area contributed by atoms with E-state index in [0.29, 0.717) is 18.8 Å². The summed E-state index contributed by atoms with van der Waals surface area (Å²) >= 11 is 5.90. The zero-order chi connectivity index (χ0) is 19.2. The van der Waals surface area contributed by atoms with Crippen molar-refractivity contribution < 1.29 is 14.6 Å². The van der Waals surface area contributed by atoms with Crippen molar-refractivity contribution in [3.05, 3.63) is 94.0 Å². The zero-order valence-corrected chi connectivity index (χ0v) is 15.7. The van der Waals surface area contributed by atoms with Crippen LogP contribution in [0.2, 0.25) is 5.02 Å². The Hall–Kier alpha value is -2.98. The number of hydrogen-bond acceptors (Lipinski definition) is 3. The van der Waals surface area contributed by atoms with E-state index in [2.05, 4.69) is 24.4 Å². The summed E-state index contributed by atoms with van der Waals surface area (Å²) in [6.45, 7) is 3.11. The molecule has 0 radical (unpaired) electrons. The average molecular weight is 382 g/mol. The van der Waals surface area contributed by atoms with Crippen molar-refractivity contribution in [3.8, 4) is 5.75 Å². The Bertz CT molecular complexity index is 956. The number of nitrogens with one attached hydrogen (secondary N) is 1. The van der Waals surface area contributed by atoms with Crippen LogP contribution in [0.25, 0.3) is 0 Å². The van der Waals surface area contributed by atoms with Gasteiger partial charge < -0.3 is 15.2 Å². The summed E-state index contributed by atoms with van der Waals surface area (Å²) in [6.07, 6.45) is 0. The molecule has 0 fully saturated rings. The predicted molar refractivity (Wildman–Crippen MR) is 108 cm³/mol. The van der Waals surface area contributed by atoms with E-state index < -0.39 is 5.97 Å². The van der Waals surface area contributed by atoms with Gasteiger partial charge in [-0.15, -0.1) is 0 Å². The molecule has 3 aromatic carbocycles. The highest BCUT2D eigenvalue weighted by Gasteiger charge is 2.09. The lowest BCUT2D eigenvalue weighted by molar-refractivity contribution is 0.0697. The zero-order valence-electron chi connectivity index (χ0n) is 14.9.